The van der Waals surface area contributed by atoms with Crippen LogP contribution in [0.1, 0.15) is 0 Å². The van der Waals surface area contributed by atoms with Crippen molar-refractivity contribution >= 4 is 17.5 Å². The van der Waals surface area contributed by atoms with E-state index in [0.29, 0.717) is 41.9 Å². The second-order valence-electron chi connectivity index (χ2n) is 7.73. The van der Waals surface area contributed by atoms with E-state index in [9.17, 15) is 9.90 Å². The van der Waals surface area contributed by atoms with E-state index >= 15 is 0 Å². The Labute approximate surface area is 210 Å². The fourth-order valence-corrected chi connectivity index (χ4v) is 3.39. The second kappa shape index (κ2) is 14.5. The highest BCUT2D eigenvalue weighted by atomic mass is 16.5. The molecule has 36 heavy (non-hydrogen) atoms. The number of hydrogen-bond donors (Lipinski definition) is 5. The highest BCUT2D eigenvalue weighted by molar-refractivity contribution is 5.91. The van der Waals surface area contributed by atoms with E-state index in [1.807, 2.05) is 0 Å². The number of aliphatic hydroxyl groups is 1. The van der Waals surface area contributed by atoms with E-state index in [-0.39, 0.29) is 6.61 Å². The van der Waals surface area contributed by atoms with Gasteiger partial charge in [-0.25, -0.2) is 14.8 Å². The number of carbonyl (C=O) groups excluding carboxylic acids is 1. The van der Waals surface area contributed by atoms with Crippen LogP contribution in [0.4, 0.5) is 16.3 Å². The maximum Gasteiger partial charge on any atom is 0.323 e. The Bertz CT molecular complexity index is 1050. The zero-order chi connectivity index (χ0) is 25.6. The molecule has 0 saturated carbocycles. The van der Waals surface area contributed by atoms with Crippen LogP contribution < -0.4 is 26.4 Å². The lowest BCUT2D eigenvalue weighted by Gasteiger charge is -2.26. The van der Waals surface area contributed by atoms with Crippen LogP contribution >= 0.6 is 0 Å². The van der Waals surface area contributed by atoms with E-state index < -0.39 is 6.03 Å². The topological polar surface area (TPSA) is 147 Å². The van der Waals surface area contributed by atoms with Crippen molar-refractivity contribution in [2.45, 2.75) is 0 Å². The molecule has 0 spiro atoms. The number of rotatable bonds is 12. The summed E-state index contributed by atoms with van der Waals surface area (Å²) in [5.74, 6) is 1.51. The number of ether oxygens (including phenoxy) is 2. The predicted molar refractivity (Wildman–Crippen MR) is 140 cm³/mol. The van der Waals surface area contributed by atoms with Gasteiger partial charge >= 0.3 is 6.03 Å². The normalized spacial score (nSPS) is 14.4. The smallest absolute Gasteiger partial charge is 0.323 e. The predicted octanol–water partition coefficient (Wildman–Crippen LogP) is 1.92. The molecular weight excluding hydrogens is 462 g/mol. The average Bonchev–Trinajstić information content (AvgIpc) is 2.89. The number of hydrogen-bond acceptors (Lipinski definition) is 9. The molecule has 1 saturated heterocycles. The summed E-state index contributed by atoms with van der Waals surface area (Å²) in [5, 5.41) is 17.8. The largest absolute Gasteiger partial charge is 0.487 e. The standard InChI is InChI=1S/C25H33N7O4/c1-2-3-20(8-9-26)29-25(34)30-21-6-4-19(5-7-21)23-28-18-22(24(31-23)27-10-14-33)36-17-13-32-11-15-35-16-12-32/h2-9,18,33H,1,10-17,26H2,(H,27,28,31)(H2,29,30,34)/b9-8-,20-3+. The van der Waals surface area contributed by atoms with Crippen molar-refractivity contribution in [3.63, 3.8) is 0 Å². The number of urea groups is 1. The van der Waals surface area contributed by atoms with Gasteiger partial charge in [0.1, 0.15) is 6.61 Å². The molecule has 0 unspecified atom stereocenters. The van der Waals surface area contributed by atoms with Gasteiger partial charge in [-0.2, -0.15) is 0 Å². The number of nitrogens with zero attached hydrogens (tertiary/aromatic N) is 3. The first-order chi connectivity index (χ1) is 17.6. The minimum atomic E-state index is -0.417. The minimum absolute atomic E-state index is 0.0419. The molecule has 0 radical (unpaired) electrons. The van der Waals surface area contributed by atoms with Crippen molar-refractivity contribution in [3.8, 4) is 17.1 Å². The van der Waals surface area contributed by atoms with Gasteiger partial charge in [0.25, 0.3) is 0 Å². The lowest BCUT2D eigenvalue weighted by atomic mass is 10.2. The molecule has 11 heteroatoms. The molecule has 2 amide bonds. The Morgan fingerprint density at radius 3 is 2.75 bits per heavy atom. The van der Waals surface area contributed by atoms with Crippen molar-refractivity contribution in [1.29, 1.82) is 0 Å². The summed E-state index contributed by atoms with van der Waals surface area (Å²) in [7, 11) is 0. The van der Waals surface area contributed by atoms with Gasteiger partial charge in [-0.1, -0.05) is 12.7 Å². The van der Waals surface area contributed by atoms with Gasteiger partial charge in [-0.3, -0.25) is 4.90 Å². The van der Waals surface area contributed by atoms with Gasteiger partial charge < -0.3 is 36.3 Å². The maximum absolute atomic E-state index is 12.2. The summed E-state index contributed by atoms with van der Waals surface area (Å²) in [5.41, 5.74) is 7.24. The summed E-state index contributed by atoms with van der Waals surface area (Å²) in [6.07, 6.45) is 7.68. The van der Waals surface area contributed by atoms with Crippen LogP contribution in [0.3, 0.4) is 0 Å². The quantitative estimate of drug-likeness (QED) is 0.279. The Kier molecular flexibility index (Phi) is 10.7. The summed E-state index contributed by atoms with van der Waals surface area (Å²) in [6, 6.07) is 6.70. The Morgan fingerprint density at radius 1 is 1.28 bits per heavy atom. The molecule has 6 N–H and O–H groups in total. The van der Waals surface area contributed by atoms with Crippen LogP contribution in [0.25, 0.3) is 11.4 Å². The van der Waals surface area contributed by atoms with Crippen LogP contribution in [-0.2, 0) is 4.74 Å². The molecule has 1 aliphatic heterocycles. The number of amides is 2. The molecule has 1 fully saturated rings. The van der Waals surface area contributed by atoms with Crippen LogP contribution in [-0.4, -0.2) is 78.6 Å². The van der Waals surface area contributed by atoms with E-state index in [4.69, 9.17) is 15.2 Å². The number of nitrogens with two attached hydrogens (primary N) is 1. The van der Waals surface area contributed by atoms with Crippen LogP contribution in [0.15, 0.2) is 67.2 Å². The molecule has 2 heterocycles. The zero-order valence-corrected chi connectivity index (χ0v) is 20.2. The van der Waals surface area contributed by atoms with Gasteiger partial charge in [-0.15, -0.1) is 0 Å². The van der Waals surface area contributed by atoms with E-state index in [0.717, 1.165) is 38.4 Å². The van der Waals surface area contributed by atoms with E-state index in [2.05, 4.69) is 37.4 Å². The first-order valence-corrected chi connectivity index (χ1v) is 11.7. The summed E-state index contributed by atoms with van der Waals surface area (Å²) >= 11 is 0. The monoisotopic (exact) mass is 495 g/mol. The first kappa shape index (κ1) is 26.7. The molecule has 11 nitrogen and oxygen atoms in total. The third kappa shape index (κ3) is 8.38. The Morgan fingerprint density at radius 2 is 2.06 bits per heavy atom. The van der Waals surface area contributed by atoms with Gasteiger partial charge in [0.15, 0.2) is 17.4 Å². The molecular formula is C25H33N7O4. The Hall–Kier alpha value is -3.93. The van der Waals surface area contributed by atoms with E-state index in [1.165, 1.54) is 6.20 Å². The summed E-state index contributed by atoms with van der Waals surface area (Å²) < 4.78 is 11.3. The average molecular weight is 496 g/mol. The third-order valence-corrected chi connectivity index (χ3v) is 5.16. The third-order valence-electron chi connectivity index (χ3n) is 5.16. The van der Waals surface area contributed by atoms with Gasteiger partial charge in [-0.05, 0) is 42.6 Å². The number of aliphatic hydroxyl groups excluding tert-OH is 1. The molecule has 0 bridgehead atoms. The fraction of sp³-hybridized carbons (Fsp3) is 0.320. The number of anilines is 2. The summed E-state index contributed by atoms with van der Waals surface area (Å²) in [4.78, 5) is 23.6. The highest BCUT2D eigenvalue weighted by Crippen LogP contribution is 2.26. The zero-order valence-electron chi connectivity index (χ0n) is 20.2. The lowest BCUT2D eigenvalue weighted by Crippen LogP contribution is -2.38. The first-order valence-electron chi connectivity index (χ1n) is 11.7. The van der Waals surface area contributed by atoms with Crippen LogP contribution in [0.5, 0.6) is 5.75 Å². The highest BCUT2D eigenvalue weighted by Gasteiger charge is 2.13. The maximum atomic E-state index is 12.2. The number of aromatic nitrogens is 2. The second-order valence-corrected chi connectivity index (χ2v) is 7.73. The minimum Gasteiger partial charge on any atom is -0.487 e. The molecule has 2 aromatic rings. The van der Waals surface area contributed by atoms with Crippen molar-refractivity contribution < 1.29 is 19.4 Å². The van der Waals surface area contributed by atoms with Gasteiger partial charge in [0.2, 0.25) is 0 Å². The number of morpholine rings is 1. The van der Waals surface area contributed by atoms with Crippen LogP contribution in [0, 0.1) is 0 Å². The molecule has 1 aromatic carbocycles. The number of carbonyl (C=O) groups is 1. The van der Waals surface area contributed by atoms with Crippen LogP contribution in [0.2, 0.25) is 0 Å². The molecule has 0 aliphatic carbocycles. The van der Waals surface area contributed by atoms with Crippen molar-refractivity contribution in [2.75, 3.05) is 63.2 Å². The Balaban J connectivity index is 1.64. The summed E-state index contributed by atoms with van der Waals surface area (Å²) in [6.45, 7) is 8.41. The molecule has 192 valence electrons. The fourth-order valence-electron chi connectivity index (χ4n) is 3.39. The van der Waals surface area contributed by atoms with Crippen molar-refractivity contribution in [3.05, 3.63) is 67.2 Å². The van der Waals surface area contributed by atoms with E-state index in [1.54, 1.807) is 48.7 Å². The number of allylic oxidation sites excluding steroid dienone is 3. The van der Waals surface area contributed by atoms with Crippen molar-refractivity contribution in [1.82, 2.24) is 20.2 Å². The molecule has 1 aliphatic rings. The van der Waals surface area contributed by atoms with Crippen molar-refractivity contribution in [2.24, 2.45) is 5.73 Å². The lowest BCUT2D eigenvalue weighted by molar-refractivity contribution is 0.0322. The SMILES string of the molecule is C=C/C=C(\C=C/N)NC(=O)Nc1ccc(-c2ncc(OCCN3CCOCC3)c(NCCO)n2)cc1. The van der Waals surface area contributed by atoms with Gasteiger partial charge in [0.05, 0.1) is 26.0 Å². The number of benzene rings is 1. The molecule has 3 rings (SSSR count). The molecule has 0 atom stereocenters. The molecule has 1 aromatic heterocycles. The van der Waals surface area contributed by atoms with Gasteiger partial charge in [0, 0.05) is 43.1 Å². The number of nitrogens with one attached hydrogen (secondary N) is 3.